The standard InChI is InChI=1S/C22H24O5/c1-12(2)18-9-17-21(27-18)10-20(25-4)16-7-13(11-26-22(16)17)15-6-5-14(23)8-19(15)24-3/h5-6,8,10,13,18,23H,1,7,9,11H2,2-4H3. The molecule has 0 radical (unpaired) electrons. The van der Waals surface area contributed by atoms with E-state index >= 15 is 0 Å². The highest BCUT2D eigenvalue weighted by Crippen LogP contribution is 2.49. The highest BCUT2D eigenvalue weighted by molar-refractivity contribution is 5.61. The number of phenols is 1. The van der Waals surface area contributed by atoms with Crippen LogP contribution in [0.1, 0.15) is 29.5 Å². The second-order valence-corrected chi connectivity index (χ2v) is 7.16. The summed E-state index contributed by atoms with van der Waals surface area (Å²) in [6.07, 6.45) is 1.52. The lowest BCUT2D eigenvalue weighted by Crippen LogP contribution is -2.21. The Labute approximate surface area is 159 Å². The third-order valence-corrected chi connectivity index (χ3v) is 5.37. The summed E-state index contributed by atoms with van der Waals surface area (Å²) in [5.41, 5.74) is 4.16. The molecule has 0 saturated carbocycles. The maximum absolute atomic E-state index is 9.73. The first-order chi connectivity index (χ1) is 13.0. The van der Waals surface area contributed by atoms with Gasteiger partial charge in [0.1, 0.15) is 34.9 Å². The smallest absolute Gasteiger partial charge is 0.133 e. The molecule has 4 rings (SSSR count). The van der Waals surface area contributed by atoms with E-state index in [1.165, 1.54) is 0 Å². The Kier molecular flexibility index (Phi) is 4.38. The van der Waals surface area contributed by atoms with Crippen LogP contribution >= 0.6 is 0 Å². The van der Waals surface area contributed by atoms with Crippen molar-refractivity contribution in [3.05, 3.63) is 53.1 Å². The number of phenolic OH excluding ortho intramolecular Hbond substituents is 1. The van der Waals surface area contributed by atoms with Gasteiger partial charge in [-0.25, -0.2) is 0 Å². The van der Waals surface area contributed by atoms with Crippen molar-refractivity contribution in [1.82, 2.24) is 0 Å². The van der Waals surface area contributed by atoms with Crippen LogP contribution < -0.4 is 18.9 Å². The summed E-state index contributed by atoms with van der Waals surface area (Å²) >= 11 is 0. The molecule has 5 heteroatoms. The number of rotatable bonds is 4. The zero-order chi connectivity index (χ0) is 19.1. The third-order valence-electron chi connectivity index (χ3n) is 5.37. The van der Waals surface area contributed by atoms with Crippen molar-refractivity contribution in [2.75, 3.05) is 20.8 Å². The number of hydrogen-bond donors (Lipinski definition) is 1. The molecule has 0 saturated heterocycles. The molecule has 27 heavy (non-hydrogen) atoms. The highest BCUT2D eigenvalue weighted by atomic mass is 16.5. The zero-order valence-electron chi connectivity index (χ0n) is 15.9. The Bertz CT molecular complexity index is 902. The van der Waals surface area contributed by atoms with Crippen LogP contribution in [0.2, 0.25) is 0 Å². The molecule has 1 N–H and O–H groups in total. The van der Waals surface area contributed by atoms with Gasteiger partial charge in [0.2, 0.25) is 0 Å². The van der Waals surface area contributed by atoms with Gasteiger partial charge in [-0.1, -0.05) is 12.6 Å². The van der Waals surface area contributed by atoms with E-state index in [1.54, 1.807) is 26.4 Å². The number of fused-ring (bicyclic) bond motifs is 3. The average Bonchev–Trinajstić information content (AvgIpc) is 3.11. The van der Waals surface area contributed by atoms with E-state index < -0.39 is 0 Å². The van der Waals surface area contributed by atoms with Gasteiger partial charge in [0, 0.05) is 41.2 Å². The molecule has 5 nitrogen and oxygen atoms in total. The lowest BCUT2D eigenvalue weighted by molar-refractivity contribution is 0.251. The van der Waals surface area contributed by atoms with Gasteiger partial charge in [0.05, 0.1) is 20.8 Å². The number of hydrogen-bond acceptors (Lipinski definition) is 5. The first-order valence-electron chi connectivity index (χ1n) is 9.06. The average molecular weight is 368 g/mol. The largest absolute Gasteiger partial charge is 0.508 e. The maximum atomic E-state index is 9.73. The van der Waals surface area contributed by atoms with E-state index in [2.05, 4.69) is 6.58 Å². The Morgan fingerprint density at radius 3 is 2.59 bits per heavy atom. The molecule has 2 aliphatic heterocycles. The van der Waals surface area contributed by atoms with Crippen molar-refractivity contribution >= 4 is 0 Å². The molecule has 142 valence electrons. The third kappa shape index (κ3) is 2.97. The Balaban J connectivity index is 1.72. The van der Waals surface area contributed by atoms with Crippen molar-refractivity contribution in [1.29, 1.82) is 0 Å². The van der Waals surface area contributed by atoms with Gasteiger partial charge in [-0.05, 0) is 25.0 Å². The van der Waals surface area contributed by atoms with Gasteiger partial charge >= 0.3 is 0 Å². The molecule has 0 fully saturated rings. The fourth-order valence-corrected chi connectivity index (χ4v) is 3.93. The minimum Gasteiger partial charge on any atom is -0.508 e. The van der Waals surface area contributed by atoms with Crippen molar-refractivity contribution in [3.63, 3.8) is 0 Å². The molecule has 0 aliphatic carbocycles. The monoisotopic (exact) mass is 368 g/mol. The number of ether oxygens (including phenoxy) is 4. The summed E-state index contributed by atoms with van der Waals surface area (Å²) in [6, 6.07) is 7.17. The van der Waals surface area contributed by atoms with Crippen LogP contribution in [0.4, 0.5) is 0 Å². The number of aromatic hydroxyl groups is 1. The van der Waals surface area contributed by atoms with Crippen LogP contribution in [0.3, 0.4) is 0 Å². The van der Waals surface area contributed by atoms with E-state index in [9.17, 15) is 5.11 Å². The van der Waals surface area contributed by atoms with E-state index in [-0.39, 0.29) is 17.8 Å². The minimum absolute atomic E-state index is 0.0188. The molecular formula is C22H24O5. The molecule has 0 spiro atoms. The van der Waals surface area contributed by atoms with Crippen LogP contribution in [0.5, 0.6) is 28.7 Å². The van der Waals surface area contributed by atoms with Gasteiger partial charge in [-0.3, -0.25) is 0 Å². The molecule has 2 atom stereocenters. The Hall–Kier alpha value is -2.82. The molecule has 0 bridgehead atoms. The summed E-state index contributed by atoms with van der Waals surface area (Å²) < 4.78 is 23.4. The predicted octanol–water partition coefficient (Wildman–Crippen LogP) is 4.01. The number of methoxy groups -OCH3 is 2. The topological polar surface area (TPSA) is 57.2 Å². The summed E-state index contributed by atoms with van der Waals surface area (Å²) in [5.74, 6) is 3.43. The first-order valence-corrected chi connectivity index (χ1v) is 9.06. The normalized spacial score (nSPS) is 20.1. The molecule has 2 aromatic rings. The van der Waals surface area contributed by atoms with E-state index in [4.69, 9.17) is 18.9 Å². The molecule has 2 unspecified atom stereocenters. The zero-order valence-corrected chi connectivity index (χ0v) is 15.9. The fourth-order valence-electron chi connectivity index (χ4n) is 3.93. The summed E-state index contributed by atoms with van der Waals surface area (Å²) in [4.78, 5) is 0. The quantitative estimate of drug-likeness (QED) is 0.827. The van der Waals surface area contributed by atoms with Gasteiger partial charge in [0.25, 0.3) is 0 Å². The molecule has 0 aromatic heterocycles. The van der Waals surface area contributed by atoms with Crippen molar-refractivity contribution in [2.24, 2.45) is 0 Å². The lowest BCUT2D eigenvalue weighted by Gasteiger charge is -2.29. The summed E-state index contributed by atoms with van der Waals surface area (Å²) in [6.45, 7) is 6.53. The van der Waals surface area contributed by atoms with Crippen LogP contribution in [0.25, 0.3) is 0 Å². The van der Waals surface area contributed by atoms with Crippen molar-refractivity contribution in [3.8, 4) is 28.7 Å². The maximum Gasteiger partial charge on any atom is 0.133 e. The lowest BCUT2D eigenvalue weighted by atomic mass is 9.87. The SMILES string of the molecule is C=C(C)C1Cc2c(cc(OC)c3c2OCC(c2ccc(O)cc2OC)C3)O1. The Morgan fingerprint density at radius 2 is 1.89 bits per heavy atom. The second-order valence-electron chi connectivity index (χ2n) is 7.16. The fraction of sp³-hybridized carbons (Fsp3) is 0.364. The first kappa shape index (κ1) is 17.6. The summed E-state index contributed by atoms with van der Waals surface area (Å²) in [5, 5.41) is 9.73. The van der Waals surface area contributed by atoms with E-state index in [0.717, 1.165) is 52.4 Å². The van der Waals surface area contributed by atoms with Crippen molar-refractivity contribution < 1.29 is 24.1 Å². The van der Waals surface area contributed by atoms with Gasteiger partial charge < -0.3 is 24.1 Å². The van der Waals surface area contributed by atoms with Crippen LogP contribution in [-0.4, -0.2) is 32.0 Å². The van der Waals surface area contributed by atoms with Crippen LogP contribution in [0, 0.1) is 0 Å². The molecule has 2 aromatic carbocycles. The number of benzene rings is 2. The second kappa shape index (κ2) is 6.72. The van der Waals surface area contributed by atoms with Crippen LogP contribution in [0.15, 0.2) is 36.4 Å². The predicted molar refractivity (Wildman–Crippen MR) is 103 cm³/mol. The van der Waals surface area contributed by atoms with Gasteiger partial charge in [0.15, 0.2) is 0 Å². The van der Waals surface area contributed by atoms with Gasteiger partial charge in [-0.2, -0.15) is 0 Å². The molecule has 2 heterocycles. The summed E-state index contributed by atoms with van der Waals surface area (Å²) in [7, 11) is 3.27. The minimum atomic E-state index is -0.0188. The Morgan fingerprint density at radius 1 is 1.11 bits per heavy atom. The van der Waals surface area contributed by atoms with E-state index in [0.29, 0.717) is 12.4 Å². The molecular weight excluding hydrogens is 344 g/mol. The van der Waals surface area contributed by atoms with Crippen LogP contribution in [-0.2, 0) is 12.8 Å². The van der Waals surface area contributed by atoms with Gasteiger partial charge in [-0.15, -0.1) is 0 Å². The molecule has 2 aliphatic rings. The van der Waals surface area contributed by atoms with Crippen molar-refractivity contribution in [2.45, 2.75) is 31.8 Å². The molecule has 0 amide bonds. The van der Waals surface area contributed by atoms with E-state index in [1.807, 2.05) is 19.1 Å². The highest BCUT2D eigenvalue weighted by Gasteiger charge is 2.34.